The zero-order valence-corrected chi connectivity index (χ0v) is 11.0. The minimum absolute atomic E-state index is 0.258. The lowest BCUT2D eigenvalue weighted by Gasteiger charge is -2.28. The first-order valence-corrected chi connectivity index (χ1v) is 6.75. The van der Waals surface area contributed by atoms with Crippen LogP contribution < -0.4 is 4.90 Å². The summed E-state index contributed by atoms with van der Waals surface area (Å²) in [5.41, 5.74) is 0.394. The van der Waals surface area contributed by atoms with E-state index in [0.717, 1.165) is 17.7 Å². The molecule has 0 aromatic heterocycles. The molecule has 1 aliphatic heterocycles. The van der Waals surface area contributed by atoms with Gasteiger partial charge in [-0.3, -0.25) is 9.59 Å². The third-order valence-electron chi connectivity index (χ3n) is 4.00. The molecular weight excluding hydrogens is 269 g/mol. The van der Waals surface area contributed by atoms with E-state index in [4.69, 9.17) is 11.6 Å². The molecule has 1 saturated heterocycles. The summed E-state index contributed by atoms with van der Waals surface area (Å²) < 4.78 is 12.9. The number of hydrogen-bond donors (Lipinski definition) is 0. The van der Waals surface area contributed by atoms with Crippen LogP contribution in [0.15, 0.2) is 24.3 Å². The summed E-state index contributed by atoms with van der Waals surface area (Å²) in [5.74, 6) is -1.47. The second kappa shape index (κ2) is 4.30. The molecule has 1 saturated carbocycles. The molecule has 2 amide bonds. The maximum Gasteiger partial charge on any atom is 0.255 e. The highest BCUT2D eigenvalue weighted by atomic mass is 35.5. The Morgan fingerprint density at radius 3 is 2.53 bits per heavy atom. The van der Waals surface area contributed by atoms with Gasteiger partial charge in [0.2, 0.25) is 5.91 Å². The number of amides is 2. The predicted molar refractivity (Wildman–Crippen MR) is 69.4 cm³/mol. The van der Waals surface area contributed by atoms with Crippen LogP contribution in [0.3, 0.4) is 0 Å². The number of hydrogen-bond acceptors (Lipinski definition) is 2. The van der Waals surface area contributed by atoms with E-state index in [1.54, 1.807) is 0 Å². The summed E-state index contributed by atoms with van der Waals surface area (Å²) in [6, 6.07) is 5.34. The van der Waals surface area contributed by atoms with E-state index in [-0.39, 0.29) is 11.8 Å². The van der Waals surface area contributed by atoms with Gasteiger partial charge in [0.05, 0.1) is 11.6 Å². The maximum atomic E-state index is 12.9. The molecule has 19 heavy (non-hydrogen) atoms. The Hall–Kier alpha value is -1.42. The largest absolute Gasteiger partial charge is 0.274 e. The lowest BCUT2D eigenvalue weighted by Crippen LogP contribution is -2.40. The standard InChI is InChI=1S/C14H13ClFNO2/c15-14-8-2-1-3-11(14)12(18)17(13(14)19)10-6-4-9(16)5-7-10/h4-7,11H,1-3,8H2. The molecule has 1 aromatic rings. The number of carbonyl (C=O) groups is 2. The van der Waals surface area contributed by atoms with Crippen LogP contribution in [0.5, 0.6) is 0 Å². The van der Waals surface area contributed by atoms with Gasteiger partial charge in [0, 0.05) is 0 Å². The van der Waals surface area contributed by atoms with Gasteiger partial charge < -0.3 is 0 Å². The van der Waals surface area contributed by atoms with Crippen LogP contribution in [0.4, 0.5) is 10.1 Å². The summed E-state index contributed by atoms with van der Waals surface area (Å²) in [4.78, 5) is 24.8. The number of alkyl halides is 1. The molecule has 2 atom stereocenters. The number of halogens is 2. The van der Waals surface area contributed by atoms with Crippen molar-refractivity contribution in [1.29, 1.82) is 0 Å². The summed E-state index contributed by atoms with van der Waals surface area (Å²) in [6.45, 7) is 0. The van der Waals surface area contributed by atoms with Crippen molar-refractivity contribution >= 4 is 29.1 Å². The molecule has 3 rings (SSSR count). The molecule has 1 heterocycles. The number of fused-ring (bicyclic) bond motifs is 1. The maximum absolute atomic E-state index is 12.9. The van der Waals surface area contributed by atoms with Gasteiger partial charge in [-0.15, -0.1) is 11.6 Å². The van der Waals surface area contributed by atoms with Gasteiger partial charge in [0.25, 0.3) is 5.91 Å². The van der Waals surface area contributed by atoms with E-state index in [1.807, 2.05) is 0 Å². The van der Waals surface area contributed by atoms with Crippen molar-refractivity contribution in [2.24, 2.45) is 5.92 Å². The topological polar surface area (TPSA) is 37.4 Å². The molecule has 0 radical (unpaired) electrons. The van der Waals surface area contributed by atoms with Gasteiger partial charge in [-0.2, -0.15) is 0 Å². The van der Waals surface area contributed by atoms with Crippen molar-refractivity contribution in [2.75, 3.05) is 4.90 Å². The Bertz CT molecular complexity index is 545. The lowest BCUT2D eigenvalue weighted by molar-refractivity contribution is -0.122. The van der Waals surface area contributed by atoms with Crippen LogP contribution in [0.25, 0.3) is 0 Å². The molecule has 1 aliphatic carbocycles. The molecule has 0 bridgehead atoms. The van der Waals surface area contributed by atoms with E-state index < -0.39 is 16.6 Å². The fourth-order valence-electron chi connectivity index (χ4n) is 2.99. The second-order valence-corrected chi connectivity index (χ2v) is 5.79. The zero-order chi connectivity index (χ0) is 13.6. The number of nitrogens with zero attached hydrogens (tertiary/aromatic N) is 1. The van der Waals surface area contributed by atoms with Gasteiger partial charge in [-0.25, -0.2) is 9.29 Å². The Kier molecular flexibility index (Phi) is 2.86. The highest BCUT2D eigenvalue weighted by Gasteiger charge is 2.59. The third kappa shape index (κ3) is 1.77. The Morgan fingerprint density at radius 1 is 1.21 bits per heavy atom. The molecule has 1 aromatic carbocycles. The molecule has 2 fully saturated rings. The average molecular weight is 282 g/mol. The summed E-state index contributed by atoms with van der Waals surface area (Å²) in [6.07, 6.45) is 2.94. The second-order valence-electron chi connectivity index (χ2n) is 5.12. The highest BCUT2D eigenvalue weighted by molar-refractivity contribution is 6.45. The monoisotopic (exact) mass is 281 g/mol. The number of benzene rings is 1. The van der Waals surface area contributed by atoms with Gasteiger partial charge in [0.1, 0.15) is 10.7 Å². The van der Waals surface area contributed by atoms with Crippen molar-refractivity contribution in [3.8, 4) is 0 Å². The minimum Gasteiger partial charge on any atom is -0.274 e. The molecule has 0 spiro atoms. The normalized spacial score (nSPS) is 30.6. The van der Waals surface area contributed by atoms with Gasteiger partial charge in [-0.05, 0) is 37.1 Å². The van der Waals surface area contributed by atoms with E-state index in [1.165, 1.54) is 24.3 Å². The Balaban J connectivity index is 2.01. The molecule has 2 aliphatic rings. The van der Waals surface area contributed by atoms with Crippen LogP contribution in [0.1, 0.15) is 25.7 Å². The van der Waals surface area contributed by atoms with E-state index >= 15 is 0 Å². The molecule has 100 valence electrons. The SMILES string of the molecule is O=C1C2CCCCC2(Cl)C(=O)N1c1ccc(F)cc1. The van der Waals surface area contributed by atoms with Gasteiger partial charge in [0.15, 0.2) is 0 Å². The zero-order valence-electron chi connectivity index (χ0n) is 10.2. The quantitative estimate of drug-likeness (QED) is 0.586. The summed E-state index contributed by atoms with van der Waals surface area (Å²) in [7, 11) is 0. The van der Waals surface area contributed by atoms with Gasteiger partial charge in [-0.1, -0.05) is 12.8 Å². The lowest BCUT2D eigenvalue weighted by atomic mass is 9.80. The minimum atomic E-state index is -1.09. The van der Waals surface area contributed by atoms with Crippen molar-refractivity contribution in [3.63, 3.8) is 0 Å². The summed E-state index contributed by atoms with van der Waals surface area (Å²) >= 11 is 6.41. The fraction of sp³-hybridized carbons (Fsp3) is 0.429. The molecule has 0 N–H and O–H groups in total. The molecule has 5 heteroatoms. The van der Waals surface area contributed by atoms with Crippen LogP contribution >= 0.6 is 11.6 Å². The smallest absolute Gasteiger partial charge is 0.255 e. The van der Waals surface area contributed by atoms with E-state index in [0.29, 0.717) is 18.5 Å². The highest BCUT2D eigenvalue weighted by Crippen LogP contribution is 2.47. The predicted octanol–water partition coefficient (Wildman–Crippen LogP) is 2.87. The molecule has 3 nitrogen and oxygen atoms in total. The van der Waals surface area contributed by atoms with Crippen molar-refractivity contribution in [3.05, 3.63) is 30.1 Å². The van der Waals surface area contributed by atoms with Crippen molar-refractivity contribution < 1.29 is 14.0 Å². The average Bonchev–Trinajstić information content (AvgIpc) is 2.60. The Labute approximate surface area is 115 Å². The first-order chi connectivity index (χ1) is 9.04. The number of anilines is 1. The first kappa shape index (κ1) is 12.6. The van der Waals surface area contributed by atoms with Crippen molar-refractivity contribution in [1.82, 2.24) is 0 Å². The third-order valence-corrected chi connectivity index (χ3v) is 4.61. The molecular formula is C14H13ClFNO2. The fourth-order valence-corrected chi connectivity index (χ4v) is 3.41. The van der Waals surface area contributed by atoms with Gasteiger partial charge >= 0.3 is 0 Å². The van der Waals surface area contributed by atoms with E-state index in [9.17, 15) is 14.0 Å². The van der Waals surface area contributed by atoms with E-state index in [2.05, 4.69) is 0 Å². The summed E-state index contributed by atoms with van der Waals surface area (Å²) in [5, 5.41) is 0. The first-order valence-electron chi connectivity index (χ1n) is 6.37. The number of rotatable bonds is 1. The van der Waals surface area contributed by atoms with Crippen LogP contribution in [-0.4, -0.2) is 16.7 Å². The van der Waals surface area contributed by atoms with Crippen LogP contribution in [-0.2, 0) is 9.59 Å². The van der Waals surface area contributed by atoms with Crippen molar-refractivity contribution in [2.45, 2.75) is 30.6 Å². The number of imide groups is 1. The van der Waals surface area contributed by atoms with Crippen LogP contribution in [0.2, 0.25) is 0 Å². The Morgan fingerprint density at radius 2 is 1.89 bits per heavy atom. The molecule has 2 unspecified atom stereocenters. The number of carbonyl (C=O) groups excluding carboxylic acids is 2. The van der Waals surface area contributed by atoms with Crippen LogP contribution in [0, 0.1) is 11.7 Å².